The van der Waals surface area contributed by atoms with Crippen molar-refractivity contribution in [2.75, 3.05) is 5.32 Å². The van der Waals surface area contributed by atoms with Gasteiger partial charge in [0.25, 0.3) is 0 Å². The molecule has 0 bridgehead atoms. The standard InChI is InChI=1S/C10H19N3S/c1-4-7-8(5-2)11-10-12-9(6-3)13-14-10/h8H,4-7H2,1-3H3,(H,11,12,13). The highest BCUT2D eigenvalue weighted by molar-refractivity contribution is 7.09. The zero-order chi connectivity index (χ0) is 10.4. The Labute approximate surface area is 90.1 Å². The van der Waals surface area contributed by atoms with E-state index in [0.717, 1.165) is 23.8 Å². The molecule has 0 aliphatic rings. The molecule has 0 aromatic carbocycles. The fraction of sp³-hybridized carbons (Fsp3) is 0.800. The lowest BCUT2D eigenvalue weighted by Crippen LogP contribution is -2.17. The molecule has 0 spiro atoms. The van der Waals surface area contributed by atoms with Gasteiger partial charge in [0, 0.05) is 24.0 Å². The monoisotopic (exact) mass is 213 g/mol. The fourth-order valence-corrected chi connectivity index (χ4v) is 2.08. The van der Waals surface area contributed by atoms with E-state index in [4.69, 9.17) is 0 Å². The van der Waals surface area contributed by atoms with E-state index in [2.05, 4.69) is 35.4 Å². The Balaban J connectivity index is 2.48. The molecule has 0 aliphatic heterocycles. The van der Waals surface area contributed by atoms with E-state index < -0.39 is 0 Å². The normalized spacial score (nSPS) is 12.8. The summed E-state index contributed by atoms with van der Waals surface area (Å²) in [6.45, 7) is 6.49. The van der Waals surface area contributed by atoms with Gasteiger partial charge in [-0.3, -0.25) is 0 Å². The summed E-state index contributed by atoms with van der Waals surface area (Å²) in [6.07, 6.45) is 4.49. The number of anilines is 1. The number of nitrogens with zero attached hydrogens (tertiary/aromatic N) is 2. The molecule has 0 radical (unpaired) electrons. The summed E-state index contributed by atoms with van der Waals surface area (Å²) in [5, 5.41) is 4.40. The van der Waals surface area contributed by atoms with Crippen LogP contribution in [0, 0.1) is 0 Å². The lowest BCUT2D eigenvalue weighted by Gasteiger charge is -2.14. The van der Waals surface area contributed by atoms with Crippen molar-refractivity contribution in [1.29, 1.82) is 0 Å². The molecule has 0 saturated carbocycles. The molecule has 0 amide bonds. The van der Waals surface area contributed by atoms with E-state index in [0.29, 0.717) is 6.04 Å². The van der Waals surface area contributed by atoms with Crippen LogP contribution in [0.15, 0.2) is 0 Å². The highest BCUT2D eigenvalue weighted by atomic mass is 32.1. The van der Waals surface area contributed by atoms with Crippen LogP contribution in [0.4, 0.5) is 5.13 Å². The number of rotatable bonds is 6. The first-order valence-electron chi connectivity index (χ1n) is 5.39. The Hall–Kier alpha value is -0.640. The van der Waals surface area contributed by atoms with Crippen LogP contribution in [0.1, 0.15) is 45.9 Å². The molecule has 1 aromatic heterocycles. The second-order valence-corrected chi connectivity index (χ2v) is 4.16. The van der Waals surface area contributed by atoms with E-state index >= 15 is 0 Å². The van der Waals surface area contributed by atoms with Gasteiger partial charge < -0.3 is 5.32 Å². The first kappa shape index (κ1) is 11.4. The van der Waals surface area contributed by atoms with Crippen molar-refractivity contribution in [3.8, 4) is 0 Å². The van der Waals surface area contributed by atoms with Crippen molar-refractivity contribution < 1.29 is 0 Å². The molecule has 4 heteroatoms. The lowest BCUT2D eigenvalue weighted by atomic mass is 10.1. The first-order valence-corrected chi connectivity index (χ1v) is 6.16. The molecule has 14 heavy (non-hydrogen) atoms. The number of aromatic nitrogens is 2. The lowest BCUT2D eigenvalue weighted by molar-refractivity contribution is 0.622. The molecule has 0 saturated heterocycles. The SMILES string of the molecule is CCCC(CC)Nc1nc(CC)ns1. The van der Waals surface area contributed by atoms with Gasteiger partial charge in [-0.15, -0.1) is 0 Å². The molecule has 1 N–H and O–H groups in total. The second-order valence-electron chi connectivity index (χ2n) is 3.41. The third-order valence-corrected chi connectivity index (χ3v) is 2.93. The van der Waals surface area contributed by atoms with E-state index in [1.165, 1.54) is 24.4 Å². The maximum absolute atomic E-state index is 4.40. The van der Waals surface area contributed by atoms with Crippen LogP contribution in [0.3, 0.4) is 0 Å². The maximum atomic E-state index is 4.40. The van der Waals surface area contributed by atoms with Gasteiger partial charge >= 0.3 is 0 Å². The van der Waals surface area contributed by atoms with Crippen LogP contribution >= 0.6 is 11.5 Å². The average Bonchev–Trinajstić information content (AvgIpc) is 2.65. The predicted molar refractivity (Wildman–Crippen MR) is 61.9 cm³/mol. The van der Waals surface area contributed by atoms with Crippen molar-refractivity contribution in [1.82, 2.24) is 9.36 Å². The van der Waals surface area contributed by atoms with Gasteiger partial charge in [-0.05, 0) is 12.8 Å². The Morgan fingerprint density at radius 2 is 2.14 bits per heavy atom. The molecule has 1 heterocycles. The van der Waals surface area contributed by atoms with Crippen LogP contribution in [0.5, 0.6) is 0 Å². The summed E-state index contributed by atoms with van der Waals surface area (Å²) in [5.74, 6) is 0.948. The smallest absolute Gasteiger partial charge is 0.202 e. The molecule has 80 valence electrons. The fourth-order valence-electron chi connectivity index (χ4n) is 1.36. The molecular weight excluding hydrogens is 194 g/mol. The number of hydrogen-bond acceptors (Lipinski definition) is 4. The van der Waals surface area contributed by atoms with E-state index in [9.17, 15) is 0 Å². The van der Waals surface area contributed by atoms with Crippen LogP contribution in [0.25, 0.3) is 0 Å². The number of aryl methyl sites for hydroxylation is 1. The van der Waals surface area contributed by atoms with Gasteiger partial charge in [-0.2, -0.15) is 4.37 Å². The topological polar surface area (TPSA) is 37.8 Å². The molecule has 1 rings (SSSR count). The Bertz CT molecular complexity index is 260. The Morgan fingerprint density at radius 3 is 2.64 bits per heavy atom. The van der Waals surface area contributed by atoms with Gasteiger partial charge in [0.1, 0.15) is 5.82 Å². The summed E-state index contributed by atoms with van der Waals surface area (Å²) in [4.78, 5) is 4.40. The highest BCUT2D eigenvalue weighted by Gasteiger charge is 2.07. The van der Waals surface area contributed by atoms with Crippen LogP contribution in [0.2, 0.25) is 0 Å². The molecule has 0 aliphatic carbocycles. The van der Waals surface area contributed by atoms with Gasteiger partial charge in [-0.1, -0.05) is 27.2 Å². The van der Waals surface area contributed by atoms with Crippen molar-refractivity contribution in [2.45, 2.75) is 52.5 Å². The summed E-state index contributed by atoms with van der Waals surface area (Å²) in [6, 6.07) is 0.553. The molecule has 1 unspecified atom stereocenters. The van der Waals surface area contributed by atoms with Crippen molar-refractivity contribution in [3.63, 3.8) is 0 Å². The third kappa shape index (κ3) is 3.25. The Morgan fingerprint density at radius 1 is 1.36 bits per heavy atom. The van der Waals surface area contributed by atoms with Crippen molar-refractivity contribution in [3.05, 3.63) is 5.82 Å². The van der Waals surface area contributed by atoms with Crippen LogP contribution in [-0.4, -0.2) is 15.4 Å². The number of hydrogen-bond donors (Lipinski definition) is 1. The predicted octanol–water partition coefficient (Wildman–Crippen LogP) is 3.09. The Kier molecular flexibility index (Phi) is 4.87. The maximum Gasteiger partial charge on any atom is 0.202 e. The van der Waals surface area contributed by atoms with Crippen molar-refractivity contribution in [2.24, 2.45) is 0 Å². The van der Waals surface area contributed by atoms with E-state index in [-0.39, 0.29) is 0 Å². The summed E-state index contributed by atoms with van der Waals surface area (Å²) in [5.41, 5.74) is 0. The summed E-state index contributed by atoms with van der Waals surface area (Å²) in [7, 11) is 0. The van der Waals surface area contributed by atoms with Crippen molar-refractivity contribution >= 4 is 16.7 Å². The minimum atomic E-state index is 0.553. The summed E-state index contributed by atoms with van der Waals surface area (Å²) >= 11 is 1.47. The highest BCUT2D eigenvalue weighted by Crippen LogP contribution is 2.15. The summed E-state index contributed by atoms with van der Waals surface area (Å²) < 4.78 is 4.25. The van der Waals surface area contributed by atoms with Gasteiger partial charge in [0.2, 0.25) is 5.13 Å². The van der Waals surface area contributed by atoms with Gasteiger partial charge in [0.05, 0.1) is 0 Å². The molecule has 1 aromatic rings. The quantitative estimate of drug-likeness (QED) is 0.789. The van der Waals surface area contributed by atoms with E-state index in [1.54, 1.807) is 0 Å². The molecular formula is C10H19N3S. The van der Waals surface area contributed by atoms with E-state index in [1.807, 2.05) is 0 Å². The minimum absolute atomic E-state index is 0.553. The second kappa shape index (κ2) is 5.96. The van der Waals surface area contributed by atoms with Crippen LogP contribution in [-0.2, 0) is 6.42 Å². The van der Waals surface area contributed by atoms with Crippen LogP contribution < -0.4 is 5.32 Å². The van der Waals surface area contributed by atoms with Gasteiger partial charge in [0.15, 0.2) is 0 Å². The zero-order valence-electron chi connectivity index (χ0n) is 9.21. The molecule has 1 atom stereocenters. The minimum Gasteiger partial charge on any atom is -0.358 e. The first-order chi connectivity index (χ1) is 6.80. The number of nitrogens with one attached hydrogen (secondary N) is 1. The van der Waals surface area contributed by atoms with Gasteiger partial charge in [-0.25, -0.2) is 4.98 Å². The average molecular weight is 213 g/mol. The third-order valence-electron chi connectivity index (χ3n) is 2.24. The molecule has 0 fully saturated rings. The zero-order valence-corrected chi connectivity index (χ0v) is 10.0. The molecule has 3 nitrogen and oxygen atoms in total. The largest absolute Gasteiger partial charge is 0.358 e.